The first-order valence-electron chi connectivity index (χ1n) is 8.11. The van der Waals surface area contributed by atoms with Gasteiger partial charge in [0.1, 0.15) is 0 Å². The molecule has 0 fully saturated rings. The van der Waals surface area contributed by atoms with E-state index in [0.717, 1.165) is 0 Å². The Bertz CT molecular complexity index is 207. The summed E-state index contributed by atoms with van der Waals surface area (Å²) in [4.78, 5) is 7.00. The lowest BCUT2D eigenvalue weighted by molar-refractivity contribution is 0.290. The van der Waals surface area contributed by atoms with Gasteiger partial charge in [0, 0.05) is 6.04 Å². The van der Waals surface area contributed by atoms with E-state index in [1.54, 1.807) is 0 Å². The summed E-state index contributed by atoms with van der Waals surface area (Å²) in [7, 11) is 12.9. The molecular formula is C16H38N4. The molecule has 1 N–H and O–H groups in total. The van der Waals surface area contributed by atoms with Crippen LogP contribution >= 0.6 is 0 Å². The predicted octanol–water partition coefficient (Wildman–Crippen LogP) is 1.58. The fourth-order valence-corrected chi connectivity index (χ4v) is 2.39. The summed E-state index contributed by atoms with van der Waals surface area (Å²) < 4.78 is 0. The van der Waals surface area contributed by atoms with Gasteiger partial charge >= 0.3 is 0 Å². The van der Waals surface area contributed by atoms with E-state index in [9.17, 15) is 0 Å². The molecule has 0 aromatic heterocycles. The highest BCUT2D eigenvalue weighted by Crippen LogP contribution is 2.06. The standard InChI is InChI=1S/C16H38N4/c1-17-16(11-15-19(4)5)10-7-8-13-20(6)14-9-12-18(2)3/h16-17H,7-15H2,1-6H3. The first-order valence-corrected chi connectivity index (χ1v) is 8.11. The zero-order valence-corrected chi connectivity index (χ0v) is 14.8. The van der Waals surface area contributed by atoms with E-state index >= 15 is 0 Å². The Kier molecular flexibility index (Phi) is 12.5. The molecule has 0 aliphatic carbocycles. The Morgan fingerprint density at radius 3 is 1.85 bits per heavy atom. The summed E-state index contributed by atoms with van der Waals surface area (Å²) in [5.74, 6) is 0. The molecular weight excluding hydrogens is 248 g/mol. The predicted molar refractivity (Wildman–Crippen MR) is 90.5 cm³/mol. The van der Waals surface area contributed by atoms with Gasteiger partial charge < -0.3 is 20.0 Å². The number of rotatable bonds is 13. The zero-order valence-electron chi connectivity index (χ0n) is 14.8. The monoisotopic (exact) mass is 286 g/mol. The van der Waals surface area contributed by atoms with Crippen molar-refractivity contribution in [1.82, 2.24) is 20.0 Å². The number of hydrogen-bond acceptors (Lipinski definition) is 4. The molecule has 0 aliphatic rings. The van der Waals surface area contributed by atoms with Gasteiger partial charge in [0.25, 0.3) is 0 Å². The largest absolute Gasteiger partial charge is 0.317 e. The van der Waals surface area contributed by atoms with Gasteiger partial charge in [0.05, 0.1) is 0 Å². The highest BCUT2D eigenvalue weighted by Gasteiger charge is 2.06. The molecule has 1 atom stereocenters. The summed E-state index contributed by atoms with van der Waals surface area (Å²) in [5, 5.41) is 3.45. The van der Waals surface area contributed by atoms with Crippen LogP contribution < -0.4 is 5.32 Å². The Balaban J connectivity index is 3.52. The molecule has 0 amide bonds. The molecule has 0 aromatic rings. The third-order valence-electron chi connectivity index (χ3n) is 3.82. The van der Waals surface area contributed by atoms with Gasteiger partial charge in [0.2, 0.25) is 0 Å². The molecule has 0 saturated heterocycles. The quantitative estimate of drug-likeness (QED) is 0.519. The first kappa shape index (κ1) is 19.8. The smallest absolute Gasteiger partial charge is 0.00762 e. The number of nitrogens with zero attached hydrogens (tertiary/aromatic N) is 3. The lowest BCUT2D eigenvalue weighted by atomic mass is 10.1. The fourth-order valence-electron chi connectivity index (χ4n) is 2.39. The van der Waals surface area contributed by atoms with Gasteiger partial charge in [-0.1, -0.05) is 6.42 Å². The molecule has 0 bridgehead atoms. The molecule has 0 aliphatic heterocycles. The summed E-state index contributed by atoms with van der Waals surface area (Å²) in [6, 6.07) is 0.677. The normalized spacial score (nSPS) is 13.7. The van der Waals surface area contributed by atoms with E-state index in [0.29, 0.717) is 6.04 Å². The Labute approximate surface area is 127 Å². The summed E-state index contributed by atoms with van der Waals surface area (Å²) >= 11 is 0. The number of unbranched alkanes of at least 4 members (excludes halogenated alkanes) is 1. The van der Waals surface area contributed by atoms with Crippen molar-refractivity contribution >= 4 is 0 Å². The van der Waals surface area contributed by atoms with Gasteiger partial charge in [-0.2, -0.15) is 0 Å². The van der Waals surface area contributed by atoms with Crippen LogP contribution in [0.1, 0.15) is 32.1 Å². The molecule has 4 heteroatoms. The number of hydrogen-bond donors (Lipinski definition) is 1. The second kappa shape index (κ2) is 12.6. The molecule has 4 nitrogen and oxygen atoms in total. The third-order valence-corrected chi connectivity index (χ3v) is 3.82. The second-order valence-corrected chi connectivity index (χ2v) is 6.53. The SMILES string of the molecule is CNC(CCCCN(C)CCCN(C)C)CCN(C)C. The molecule has 122 valence electrons. The minimum absolute atomic E-state index is 0.677. The van der Waals surface area contributed by atoms with Crippen LogP contribution in [0.5, 0.6) is 0 Å². The maximum absolute atomic E-state index is 3.45. The summed E-state index contributed by atoms with van der Waals surface area (Å²) in [6.07, 6.45) is 6.47. The van der Waals surface area contributed by atoms with Gasteiger partial charge in [0.15, 0.2) is 0 Å². The first-order chi connectivity index (χ1) is 9.45. The van der Waals surface area contributed by atoms with E-state index in [-0.39, 0.29) is 0 Å². The van der Waals surface area contributed by atoms with Crippen LogP contribution in [0, 0.1) is 0 Å². The van der Waals surface area contributed by atoms with E-state index in [1.807, 2.05) is 0 Å². The molecule has 0 saturated carbocycles. The Morgan fingerprint density at radius 2 is 1.30 bits per heavy atom. The van der Waals surface area contributed by atoms with Crippen molar-refractivity contribution in [3.63, 3.8) is 0 Å². The van der Waals surface area contributed by atoms with Crippen molar-refractivity contribution in [2.24, 2.45) is 0 Å². The molecule has 0 aromatic carbocycles. The van der Waals surface area contributed by atoms with Crippen molar-refractivity contribution in [2.45, 2.75) is 38.1 Å². The lowest BCUT2D eigenvalue weighted by Gasteiger charge is -2.20. The minimum atomic E-state index is 0.677. The summed E-state index contributed by atoms with van der Waals surface area (Å²) in [6.45, 7) is 4.82. The van der Waals surface area contributed by atoms with Crippen LogP contribution in [0.15, 0.2) is 0 Å². The minimum Gasteiger partial charge on any atom is -0.317 e. The average molecular weight is 287 g/mol. The van der Waals surface area contributed by atoms with Gasteiger partial charge in [-0.05, 0) is 94.1 Å². The molecule has 20 heavy (non-hydrogen) atoms. The number of nitrogens with one attached hydrogen (secondary N) is 1. The van der Waals surface area contributed by atoms with Gasteiger partial charge in [-0.25, -0.2) is 0 Å². The van der Waals surface area contributed by atoms with Crippen LogP contribution in [0.25, 0.3) is 0 Å². The topological polar surface area (TPSA) is 21.8 Å². The lowest BCUT2D eigenvalue weighted by Crippen LogP contribution is -2.30. The Hall–Kier alpha value is -0.160. The van der Waals surface area contributed by atoms with Crippen molar-refractivity contribution in [1.29, 1.82) is 0 Å². The van der Waals surface area contributed by atoms with Gasteiger partial charge in [-0.15, -0.1) is 0 Å². The van der Waals surface area contributed by atoms with E-state index in [2.05, 4.69) is 62.3 Å². The zero-order chi connectivity index (χ0) is 15.4. The highest BCUT2D eigenvalue weighted by molar-refractivity contribution is 4.66. The second-order valence-electron chi connectivity index (χ2n) is 6.53. The van der Waals surface area contributed by atoms with Crippen molar-refractivity contribution in [3.8, 4) is 0 Å². The van der Waals surface area contributed by atoms with Crippen molar-refractivity contribution in [3.05, 3.63) is 0 Å². The molecule has 0 radical (unpaired) electrons. The fraction of sp³-hybridized carbons (Fsp3) is 1.00. The van der Waals surface area contributed by atoms with Crippen molar-refractivity contribution < 1.29 is 0 Å². The van der Waals surface area contributed by atoms with E-state index in [1.165, 1.54) is 58.3 Å². The highest BCUT2D eigenvalue weighted by atomic mass is 15.1. The third kappa shape index (κ3) is 12.9. The summed E-state index contributed by atoms with van der Waals surface area (Å²) in [5.41, 5.74) is 0. The maximum Gasteiger partial charge on any atom is 0.00762 e. The average Bonchev–Trinajstić information content (AvgIpc) is 2.37. The molecule has 1 unspecified atom stereocenters. The maximum atomic E-state index is 3.45. The van der Waals surface area contributed by atoms with Gasteiger partial charge in [-0.3, -0.25) is 0 Å². The van der Waals surface area contributed by atoms with E-state index in [4.69, 9.17) is 0 Å². The molecule has 0 rings (SSSR count). The van der Waals surface area contributed by atoms with Crippen LogP contribution in [-0.2, 0) is 0 Å². The Morgan fingerprint density at radius 1 is 0.700 bits per heavy atom. The molecule has 0 heterocycles. The van der Waals surface area contributed by atoms with Crippen LogP contribution in [0.2, 0.25) is 0 Å². The van der Waals surface area contributed by atoms with Crippen LogP contribution in [0.3, 0.4) is 0 Å². The molecule has 0 spiro atoms. The van der Waals surface area contributed by atoms with Crippen LogP contribution in [0.4, 0.5) is 0 Å². The van der Waals surface area contributed by atoms with E-state index < -0.39 is 0 Å². The van der Waals surface area contributed by atoms with Crippen molar-refractivity contribution in [2.75, 3.05) is 68.5 Å². The van der Waals surface area contributed by atoms with Crippen LogP contribution in [-0.4, -0.2) is 89.2 Å².